The van der Waals surface area contributed by atoms with Crippen LogP contribution in [0.1, 0.15) is 0 Å². The second-order valence-electron chi connectivity index (χ2n) is 1.28. The molecule has 0 N–H and O–H groups in total. The molecular weight excluding hydrogens is 104 g/mol. The van der Waals surface area contributed by atoms with E-state index in [1.165, 1.54) is 0 Å². The van der Waals surface area contributed by atoms with Crippen molar-refractivity contribution in [1.82, 2.24) is 0 Å². The van der Waals surface area contributed by atoms with Crippen LogP contribution < -0.4 is 0 Å². The molecule has 1 heterocycles. The molecule has 1 heteroatoms. The maximum absolute atomic E-state index is 5.24. The first-order chi connectivity index (χ1) is 3.43. The van der Waals surface area contributed by atoms with Gasteiger partial charge in [-0.1, -0.05) is 18.7 Å². The maximum Gasteiger partial charge on any atom is -0.0422 e. The van der Waals surface area contributed by atoms with Gasteiger partial charge in [0.2, 0.25) is 0 Å². The van der Waals surface area contributed by atoms with E-state index in [4.69, 9.17) is 6.58 Å². The minimum Gasteiger partial charge on any atom is -0.193 e. The highest BCUT2D eigenvalue weighted by Crippen LogP contribution is 2.32. The fraction of sp³-hybridized carbons (Fsp3) is 0. The van der Waals surface area contributed by atoms with Gasteiger partial charge in [-0.25, -0.2) is 0 Å². The second-order valence-corrected chi connectivity index (χ2v) is 3.07. The first-order valence-electron chi connectivity index (χ1n) is 2.11. The van der Waals surface area contributed by atoms with Crippen molar-refractivity contribution in [3.05, 3.63) is 35.0 Å². The van der Waals surface area contributed by atoms with Crippen LogP contribution in [0.15, 0.2) is 28.4 Å². The molecule has 0 fully saturated rings. The Labute approximate surface area is 46.6 Å². The van der Waals surface area contributed by atoms with Crippen LogP contribution in [0.3, 0.4) is 0 Å². The highest BCUT2D eigenvalue weighted by molar-refractivity contribution is 8.24. The van der Waals surface area contributed by atoms with Gasteiger partial charge in [0.1, 0.15) is 0 Å². The molecule has 0 aromatic carbocycles. The third kappa shape index (κ3) is 0.967. The molecule has 0 amide bonds. The lowest BCUT2D eigenvalue weighted by molar-refractivity contribution is 2.15. The number of thiol groups is 1. The van der Waals surface area contributed by atoms with Gasteiger partial charge in [0.25, 0.3) is 0 Å². The minimum absolute atomic E-state index is 0.151. The maximum atomic E-state index is 5.24. The van der Waals surface area contributed by atoms with Crippen LogP contribution >= 0.6 is 10.9 Å². The number of rotatable bonds is 1. The molecule has 0 aromatic heterocycles. The third-order valence-corrected chi connectivity index (χ3v) is 2.18. The lowest BCUT2D eigenvalue weighted by Gasteiger charge is -1.95. The van der Waals surface area contributed by atoms with Gasteiger partial charge in [-0.05, 0) is 16.2 Å². The molecule has 1 aliphatic heterocycles. The lowest BCUT2D eigenvalue weighted by atomic mass is 10.6. The van der Waals surface area contributed by atoms with Crippen LogP contribution in [0.5, 0.6) is 0 Å². The summed E-state index contributed by atoms with van der Waals surface area (Å²) in [5.74, 6) is 0. The average molecular weight is 111 g/mol. The Morgan fingerprint density at radius 2 is 1.86 bits per heavy atom. The van der Waals surface area contributed by atoms with Crippen molar-refractivity contribution in [3.8, 4) is 0 Å². The van der Waals surface area contributed by atoms with E-state index in [2.05, 4.69) is 10.8 Å². The van der Waals surface area contributed by atoms with Gasteiger partial charge in [-0.15, -0.1) is 0 Å². The van der Waals surface area contributed by atoms with Crippen molar-refractivity contribution in [2.45, 2.75) is 0 Å². The van der Waals surface area contributed by atoms with Gasteiger partial charge >= 0.3 is 0 Å². The van der Waals surface area contributed by atoms with Crippen molar-refractivity contribution < 1.29 is 0 Å². The molecule has 0 nitrogen and oxygen atoms in total. The Morgan fingerprint density at radius 3 is 2.14 bits per heavy atom. The molecule has 1 rings (SSSR count). The summed E-state index contributed by atoms with van der Waals surface area (Å²) in [5.41, 5.74) is 0. The predicted molar refractivity (Wildman–Crippen MR) is 36.1 cm³/mol. The van der Waals surface area contributed by atoms with E-state index in [0.717, 1.165) is 0 Å². The van der Waals surface area contributed by atoms with E-state index >= 15 is 0 Å². The normalized spacial score (nSPS) is 20.9. The number of hydrogen-bond acceptors (Lipinski definition) is 0. The van der Waals surface area contributed by atoms with Gasteiger partial charge < -0.3 is 0 Å². The molecule has 0 aromatic rings. The number of allylic oxidation sites excluding steroid dienone is 2. The van der Waals surface area contributed by atoms with E-state index in [1.807, 2.05) is 12.2 Å². The van der Waals surface area contributed by atoms with E-state index in [9.17, 15) is 0 Å². The van der Waals surface area contributed by atoms with E-state index < -0.39 is 0 Å². The van der Waals surface area contributed by atoms with Crippen LogP contribution in [-0.4, -0.2) is 0 Å². The number of hydrogen-bond donors (Lipinski definition) is 1. The summed E-state index contributed by atoms with van der Waals surface area (Å²) in [6.07, 6.45) is 4.05. The fourth-order valence-electron chi connectivity index (χ4n) is 0.447. The summed E-state index contributed by atoms with van der Waals surface area (Å²) in [7, 11) is -0.151. The SMILES string of the molecule is [CH]=C[SH]1C=CC=C1. The highest BCUT2D eigenvalue weighted by Gasteiger charge is 1.87. The Kier molecular flexibility index (Phi) is 1.37. The third-order valence-electron chi connectivity index (χ3n) is 0.800. The second kappa shape index (κ2) is 2.03. The molecular formula is C6H7S. The van der Waals surface area contributed by atoms with Crippen molar-refractivity contribution in [2.75, 3.05) is 0 Å². The minimum atomic E-state index is -0.151. The molecule has 0 bridgehead atoms. The summed E-state index contributed by atoms with van der Waals surface area (Å²) < 4.78 is 0. The van der Waals surface area contributed by atoms with E-state index in [1.54, 1.807) is 5.41 Å². The van der Waals surface area contributed by atoms with Crippen LogP contribution in [0, 0.1) is 6.58 Å². The van der Waals surface area contributed by atoms with E-state index in [-0.39, 0.29) is 10.9 Å². The Balaban J connectivity index is 2.59. The standard InChI is InChI=1S/C6H7S/c1-2-7-5-3-4-6-7/h1-7H. The Bertz CT molecular complexity index is 110. The summed E-state index contributed by atoms with van der Waals surface area (Å²) in [6.45, 7) is 5.24. The molecule has 0 saturated carbocycles. The van der Waals surface area contributed by atoms with Gasteiger partial charge in [0.05, 0.1) is 0 Å². The smallest absolute Gasteiger partial charge is 0.0422 e. The zero-order chi connectivity index (χ0) is 5.11. The van der Waals surface area contributed by atoms with Crippen molar-refractivity contribution in [2.24, 2.45) is 0 Å². The first-order valence-corrected chi connectivity index (χ1v) is 3.66. The predicted octanol–water partition coefficient (Wildman–Crippen LogP) is 1.98. The molecule has 1 radical (unpaired) electrons. The summed E-state index contributed by atoms with van der Waals surface area (Å²) in [4.78, 5) is 0. The fourth-order valence-corrected chi connectivity index (χ4v) is 1.34. The topological polar surface area (TPSA) is 0 Å². The van der Waals surface area contributed by atoms with Crippen LogP contribution in [0.25, 0.3) is 0 Å². The molecule has 1 aliphatic rings. The molecule has 0 unspecified atom stereocenters. The van der Waals surface area contributed by atoms with Gasteiger partial charge in [0.15, 0.2) is 0 Å². The van der Waals surface area contributed by atoms with Crippen LogP contribution in [-0.2, 0) is 0 Å². The summed E-state index contributed by atoms with van der Waals surface area (Å²) in [5, 5.41) is 5.94. The molecule has 0 spiro atoms. The Morgan fingerprint density at radius 1 is 1.29 bits per heavy atom. The van der Waals surface area contributed by atoms with Gasteiger partial charge in [0, 0.05) is 0 Å². The van der Waals surface area contributed by atoms with Gasteiger partial charge in [-0.3, -0.25) is 0 Å². The quantitative estimate of drug-likeness (QED) is 0.491. The molecule has 7 heavy (non-hydrogen) atoms. The zero-order valence-electron chi connectivity index (χ0n) is 3.91. The molecule has 0 atom stereocenters. The summed E-state index contributed by atoms with van der Waals surface area (Å²) >= 11 is 0. The molecule has 37 valence electrons. The van der Waals surface area contributed by atoms with Gasteiger partial charge in [-0.2, -0.15) is 10.9 Å². The molecule has 0 saturated heterocycles. The highest BCUT2D eigenvalue weighted by atomic mass is 32.2. The molecule has 0 aliphatic carbocycles. The van der Waals surface area contributed by atoms with Crippen LogP contribution in [0.4, 0.5) is 0 Å². The zero-order valence-corrected chi connectivity index (χ0v) is 4.81. The van der Waals surface area contributed by atoms with Crippen molar-refractivity contribution >= 4 is 10.9 Å². The van der Waals surface area contributed by atoms with Crippen molar-refractivity contribution in [3.63, 3.8) is 0 Å². The average Bonchev–Trinajstić information content (AvgIpc) is 2.14. The first kappa shape index (κ1) is 4.72. The largest absolute Gasteiger partial charge is 0.193 e. The summed E-state index contributed by atoms with van der Waals surface area (Å²) in [6, 6.07) is 0. The van der Waals surface area contributed by atoms with Crippen molar-refractivity contribution in [1.29, 1.82) is 0 Å². The lowest BCUT2D eigenvalue weighted by Crippen LogP contribution is -1.48. The van der Waals surface area contributed by atoms with E-state index in [0.29, 0.717) is 0 Å². The Hall–Kier alpha value is -0.430. The monoisotopic (exact) mass is 111 g/mol. The van der Waals surface area contributed by atoms with Crippen LogP contribution in [0.2, 0.25) is 0 Å².